The van der Waals surface area contributed by atoms with Gasteiger partial charge in [-0.1, -0.05) is 152 Å². The van der Waals surface area contributed by atoms with E-state index in [1.54, 1.807) is 36.7 Å². The number of carbonyl (C=O) groups is 6. The molecule has 6 aromatic carbocycles. The Hall–Kier alpha value is -8.51. The van der Waals surface area contributed by atoms with E-state index in [9.17, 15) is 33.9 Å². The number of ketones is 2. The first kappa shape index (κ1) is 51.8. The molecule has 12 nitrogen and oxygen atoms in total. The lowest BCUT2D eigenvalue weighted by Gasteiger charge is -2.26. The van der Waals surface area contributed by atoms with Gasteiger partial charge >= 0.3 is 5.97 Å². The summed E-state index contributed by atoms with van der Waals surface area (Å²) in [5.74, 6) is -5.29. The van der Waals surface area contributed by atoms with Crippen molar-refractivity contribution in [3.63, 3.8) is 0 Å². The Morgan fingerprint density at radius 1 is 0.568 bits per heavy atom. The van der Waals surface area contributed by atoms with Crippen LogP contribution in [0.15, 0.2) is 188 Å². The number of carboxylic acid groups (broad SMARTS) is 1. The van der Waals surface area contributed by atoms with E-state index in [2.05, 4.69) is 20.9 Å². The molecule has 0 saturated heterocycles. The third kappa shape index (κ3) is 15.0. The van der Waals surface area contributed by atoms with Gasteiger partial charge in [0, 0.05) is 43.5 Å². The molecular weight excluding hydrogens is 929 g/mol. The van der Waals surface area contributed by atoms with E-state index in [0.29, 0.717) is 24.2 Å². The maximum atomic E-state index is 14.9. The number of Topliss-reactive ketones (excluding diaryl/α,β-unsaturated/α-hetero) is 2. The predicted octanol–water partition coefficient (Wildman–Crippen LogP) is 8.79. The molecule has 3 heterocycles. The summed E-state index contributed by atoms with van der Waals surface area (Å²) in [5.41, 5.74) is 7.96. The average molecular weight is 989 g/mol. The minimum absolute atomic E-state index is 0.0508. The highest BCUT2D eigenvalue weighted by atomic mass is 16.5. The largest absolute Gasteiger partial charge is 0.486 e. The van der Waals surface area contributed by atoms with Crippen LogP contribution >= 0.6 is 0 Å². The van der Waals surface area contributed by atoms with Crippen LogP contribution in [-0.4, -0.2) is 70.1 Å². The number of nitrogens with zero attached hydrogens (tertiary/aromatic N) is 1. The number of benzene rings is 6. The van der Waals surface area contributed by atoms with Gasteiger partial charge in [-0.3, -0.25) is 29.0 Å². The molecule has 3 amide bonds. The van der Waals surface area contributed by atoms with E-state index in [1.807, 2.05) is 152 Å². The highest BCUT2D eigenvalue weighted by molar-refractivity contribution is 5.96. The maximum Gasteiger partial charge on any atom is 0.326 e. The number of nitrogens with one attached hydrogen (secondary N) is 3. The van der Waals surface area contributed by atoms with Gasteiger partial charge in [-0.25, -0.2) is 4.79 Å². The summed E-state index contributed by atoms with van der Waals surface area (Å²) in [7, 11) is 0. The van der Waals surface area contributed by atoms with E-state index >= 15 is 0 Å². The van der Waals surface area contributed by atoms with Crippen molar-refractivity contribution in [1.82, 2.24) is 20.9 Å². The van der Waals surface area contributed by atoms with Crippen molar-refractivity contribution in [2.45, 2.75) is 75.9 Å². The van der Waals surface area contributed by atoms with Gasteiger partial charge in [0.1, 0.15) is 24.4 Å². The van der Waals surface area contributed by atoms with Gasteiger partial charge in [0.15, 0.2) is 11.6 Å². The van der Waals surface area contributed by atoms with Crippen LogP contribution in [0.3, 0.4) is 0 Å². The lowest BCUT2D eigenvalue weighted by molar-refractivity contribution is -0.143. The number of aromatic nitrogens is 1. The van der Waals surface area contributed by atoms with Crippen LogP contribution in [0.1, 0.15) is 53.5 Å². The molecule has 5 atom stereocenters. The van der Waals surface area contributed by atoms with Crippen LogP contribution in [0, 0.1) is 11.8 Å². The number of fused-ring (bicyclic) bond motifs is 16. The van der Waals surface area contributed by atoms with Crippen LogP contribution in [0.4, 0.5) is 0 Å². The number of rotatable bonds is 15. The van der Waals surface area contributed by atoms with Gasteiger partial charge in [-0.05, 0) is 113 Å². The van der Waals surface area contributed by atoms with E-state index in [0.717, 1.165) is 44.5 Å². The molecule has 12 heteroatoms. The number of amides is 3. The van der Waals surface area contributed by atoms with Crippen LogP contribution < -0.4 is 20.7 Å². The Morgan fingerprint density at radius 3 is 1.72 bits per heavy atom. The fourth-order valence-corrected chi connectivity index (χ4v) is 9.31. The lowest BCUT2D eigenvalue weighted by atomic mass is 9.89. The first-order valence-corrected chi connectivity index (χ1v) is 25.1. The standard InChI is InChI=1S/C62H60N4O8/c67-53-39-51(36-44-16-24-49(25-17-44)50-32-34-63-35-33-50)59(69)66-57(38-46-18-26-48(27-19-46)47-14-8-3-9-15-47)61(71)64-55(30-22-42-10-4-1-5-11-42)58(68)40-52(37-45-20-28-54(29-21-45)74-41-53)60(70)65-56(62(72)73)31-23-43-12-6-2-7-13-43/h1-21,24-29,32-35,51-52,55-57H,22-23,30-31,36-41H2,(H,64,71)(H,65,70)(H,66,69)(H,72,73)/t51-,52-,55+,56-,57-/m1/s1. The second-order valence-electron chi connectivity index (χ2n) is 18.9. The molecule has 2 aliphatic heterocycles. The van der Waals surface area contributed by atoms with Crippen molar-refractivity contribution >= 4 is 35.3 Å². The van der Waals surface area contributed by atoms with E-state index in [-0.39, 0.29) is 57.3 Å². The normalized spacial score (nSPS) is 18.1. The monoisotopic (exact) mass is 988 g/mol. The summed E-state index contributed by atoms with van der Waals surface area (Å²) in [4.78, 5) is 89.5. The van der Waals surface area contributed by atoms with E-state index in [1.165, 1.54) is 0 Å². The Bertz CT molecular complexity index is 2970. The summed E-state index contributed by atoms with van der Waals surface area (Å²) < 4.78 is 5.96. The first-order chi connectivity index (χ1) is 36.0. The zero-order valence-corrected chi connectivity index (χ0v) is 41.1. The third-order valence-corrected chi connectivity index (χ3v) is 13.5. The molecule has 2 aliphatic rings. The van der Waals surface area contributed by atoms with Crippen molar-refractivity contribution in [2.24, 2.45) is 11.8 Å². The molecule has 376 valence electrons. The zero-order valence-electron chi connectivity index (χ0n) is 41.1. The molecule has 0 fully saturated rings. The molecule has 4 N–H and O–H groups in total. The summed E-state index contributed by atoms with van der Waals surface area (Å²) in [6.07, 6.45) is 4.29. The number of ether oxygens (including phenoxy) is 1. The Kier molecular flexibility index (Phi) is 18.0. The van der Waals surface area contributed by atoms with Crippen molar-refractivity contribution < 1.29 is 38.6 Å². The SMILES string of the molecule is O=C1COc2ccc(cc2)C[C@@H](C(=O)N[C@H](CCc2ccccc2)C(=O)O)CC(=O)[C@H](CCc2ccccc2)NC(=O)[C@@H](Cc2ccc(-c3ccccc3)cc2)NC(=O)[C@H](Cc2ccc(-c3ccncc3)cc2)C1. The lowest BCUT2D eigenvalue weighted by Crippen LogP contribution is -2.54. The minimum Gasteiger partial charge on any atom is -0.486 e. The average Bonchev–Trinajstić information content (AvgIpc) is 3.43. The van der Waals surface area contributed by atoms with Gasteiger partial charge in [0.2, 0.25) is 17.7 Å². The molecule has 0 radical (unpaired) electrons. The van der Waals surface area contributed by atoms with Crippen molar-refractivity contribution in [1.29, 1.82) is 0 Å². The smallest absolute Gasteiger partial charge is 0.326 e. The molecule has 0 aliphatic carbocycles. The highest BCUT2D eigenvalue weighted by Crippen LogP contribution is 2.25. The second kappa shape index (κ2) is 25.7. The number of carbonyl (C=O) groups excluding carboxylic acids is 5. The zero-order chi connectivity index (χ0) is 51.7. The quantitative estimate of drug-likeness (QED) is 0.0781. The van der Waals surface area contributed by atoms with Crippen molar-refractivity contribution in [2.75, 3.05) is 6.61 Å². The summed E-state index contributed by atoms with van der Waals surface area (Å²) in [5, 5.41) is 19.0. The fraction of sp³-hybridized carbons (Fsp3) is 0.242. The molecular formula is C62H60N4O8. The van der Waals surface area contributed by atoms with Gasteiger partial charge in [0.25, 0.3) is 0 Å². The topological polar surface area (TPSA) is 181 Å². The Balaban J connectivity index is 1.11. The minimum atomic E-state index is -1.24. The predicted molar refractivity (Wildman–Crippen MR) is 284 cm³/mol. The number of hydrogen-bond donors (Lipinski definition) is 4. The Labute approximate surface area is 431 Å². The van der Waals surface area contributed by atoms with Crippen LogP contribution in [0.25, 0.3) is 22.3 Å². The van der Waals surface area contributed by atoms with Gasteiger partial charge in [-0.2, -0.15) is 0 Å². The maximum absolute atomic E-state index is 14.9. The Morgan fingerprint density at radius 2 is 1.11 bits per heavy atom. The highest BCUT2D eigenvalue weighted by Gasteiger charge is 2.34. The summed E-state index contributed by atoms with van der Waals surface area (Å²) >= 11 is 0. The number of pyridine rings is 1. The van der Waals surface area contributed by atoms with E-state index < -0.39 is 59.4 Å². The second-order valence-corrected chi connectivity index (χ2v) is 18.9. The molecule has 1 aromatic heterocycles. The van der Waals surface area contributed by atoms with Crippen molar-refractivity contribution in [3.8, 4) is 28.0 Å². The molecule has 74 heavy (non-hydrogen) atoms. The fourth-order valence-electron chi connectivity index (χ4n) is 9.31. The van der Waals surface area contributed by atoms with E-state index in [4.69, 9.17) is 4.74 Å². The van der Waals surface area contributed by atoms with Crippen LogP contribution in [0.2, 0.25) is 0 Å². The number of hydrogen-bond acceptors (Lipinski definition) is 8. The molecule has 0 unspecified atom stereocenters. The summed E-state index contributed by atoms with van der Waals surface area (Å²) in [6.45, 7) is -0.329. The van der Waals surface area contributed by atoms with Crippen LogP contribution in [-0.2, 0) is 60.9 Å². The number of aliphatic carboxylic acids is 1. The van der Waals surface area contributed by atoms with Crippen LogP contribution in [0.5, 0.6) is 5.75 Å². The molecule has 0 spiro atoms. The number of aryl methyl sites for hydroxylation is 2. The molecule has 0 saturated carbocycles. The third-order valence-electron chi connectivity index (χ3n) is 13.5. The first-order valence-electron chi connectivity index (χ1n) is 25.1. The number of carboxylic acids is 1. The van der Waals surface area contributed by atoms with Gasteiger partial charge in [0.05, 0.1) is 6.04 Å². The summed E-state index contributed by atoms with van der Waals surface area (Å²) in [6, 6.07) is 51.3. The van der Waals surface area contributed by atoms with Crippen molar-refractivity contribution in [3.05, 3.63) is 216 Å². The van der Waals surface area contributed by atoms with Gasteiger partial charge < -0.3 is 25.8 Å². The molecule has 7 aromatic rings. The molecule has 9 rings (SSSR count). The molecule has 2 bridgehead atoms. The van der Waals surface area contributed by atoms with Gasteiger partial charge in [-0.15, -0.1) is 0 Å².